The number of carbonyl (C=O) groups is 4. The maximum atomic E-state index is 13.4. The second-order valence-electron chi connectivity index (χ2n) is 10.7. The zero-order chi connectivity index (χ0) is 34.1. The molecule has 2 heterocycles. The summed E-state index contributed by atoms with van der Waals surface area (Å²) in [6.45, 7) is 0.125. The molecular formula is C28H32N8O10S. The van der Waals surface area contributed by atoms with E-state index in [0.29, 0.717) is 30.5 Å². The molecule has 19 heteroatoms. The molecule has 0 spiro atoms. The summed E-state index contributed by atoms with van der Waals surface area (Å²) >= 11 is 4.46. The molecule has 2 aromatic rings. The molecule has 0 aromatic heterocycles. The Kier molecular flexibility index (Phi) is 11.5. The third kappa shape index (κ3) is 9.76. The normalized spacial score (nSPS) is 19.2. The number of nitrogens with two attached hydrogens (primary N) is 1. The average molecular weight is 673 g/mol. The van der Waals surface area contributed by atoms with Gasteiger partial charge in [-0.3, -0.25) is 34.7 Å². The van der Waals surface area contributed by atoms with E-state index >= 15 is 0 Å². The molecule has 2 fully saturated rings. The van der Waals surface area contributed by atoms with Crippen LogP contribution in [0.1, 0.15) is 24.0 Å². The molecule has 0 bridgehead atoms. The van der Waals surface area contributed by atoms with Crippen LogP contribution in [0.2, 0.25) is 0 Å². The second kappa shape index (κ2) is 15.7. The summed E-state index contributed by atoms with van der Waals surface area (Å²) in [5, 5.41) is 26.6. The van der Waals surface area contributed by atoms with Crippen molar-refractivity contribution in [2.45, 2.75) is 43.4 Å². The van der Waals surface area contributed by atoms with E-state index in [1.165, 1.54) is 53.4 Å². The van der Waals surface area contributed by atoms with Gasteiger partial charge in [0.15, 0.2) is 5.96 Å². The molecule has 2 aliphatic rings. The maximum Gasteiger partial charge on any atom is 0.437 e. The summed E-state index contributed by atoms with van der Waals surface area (Å²) in [5.41, 5.74) is 6.52. The lowest BCUT2D eigenvalue weighted by molar-refractivity contribution is -0.385. The number of carbonyl (C=O) groups excluding carboxylic acids is 4. The molecule has 4 rings (SSSR count). The SMILES string of the molecule is NC(=NC(=O)OCc1ccc([N+](=O)[O-])cc1)NCC(=O)N[C@H]1CCN(C(=O)[C@@H]2C[C@H](S)CN2C(=O)OCc2ccc([N+](=O)[O-])cc2)C1. The number of nitrogens with zero attached hydrogens (tertiary/aromatic N) is 5. The Morgan fingerprint density at radius 2 is 1.51 bits per heavy atom. The van der Waals surface area contributed by atoms with Gasteiger partial charge in [-0.05, 0) is 48.2 Å². The van der Waals surface area contributed by atoms with Crippen LogP contribution < -0.4 is 16.4 Å². The van der Waals surface area contributed by atoms with Gasteiger partial charge in [0, 0.05) is 55.2 Å². The van der Waals surface area contributed by atoms with Crippen molar-refractivity contribution in [2.24, 2.45) is 10.7 Å². The Hall–Kier alpha value is -5.46. The summed E-state index contributed by atoms with van der Waals surface area (Å²) in [6, 6.07) is 9.82. The van der Waals surface area contributed by atoms with E-state index in [0.717, 1.165) is 0 Å². The largest absolute Gasteiger partial charge is 0.445 e. The third-order valence-electron chi connectivity index (χ3n) is 7.32. The molecule has 18 nitrogen and oxygen atoms in total. The number of amides is 4. The molecule has 4 N–H and O–H groups in total. The van der Waals surface area contributed by atoms with Crippen LogP contribution in [0.25, 0.3) is 0 Å². The number of nitrogens with one attached hydrogen (secondary N) is 2. The van der Waals surface area contributed by atoms with Crippen molar-refractivity contribution in [3.63, 3.8) is 0 Å². The summed E-state index contributed by atoms with van der Waals surface area (Å²) in [7, 11) is 0. The monoisotopic (exact) mass is 672 g/mol. The molecule has 2 aliphatic heterocycles. The van der Waals surface area contributed by atoms with Gasteiger partial charge >= 0.3 is 12.2 Å². The van der Waals surface area contributed by atoms with E-state index in [-0.39, 0.29) is 67.4 Å². The Labute approximate surface area is 273 Å². The highest BCUT2D eigenvalue weighted by molar-refractivity contribution is 7.81. The highest BCUT2D eigenvalue weighted by atomic mass is 32.1. The lowest BCUT2D eigenvalue weighted by Gasteiger charge is -2.27. The fourth-order valence-electron chi connectivity index (χ4n) is 4.96. The highest BCUT2D eigenvalue weighted by Crippen LogP contribution is 2.26. The number of non-ortho nitro benzene ring substituents is 2. The topological polar surface area (TPSA) is 242 Å². The van der Waals surface area contributed by atoms with Crippen molar-refractivity contribution >= 4 is 54.0 Å². The number of rotatable bonds is 10. The summed E-state index contributed by atoms with van der Waals surface area (Å²) in [4.78, 5) is 77.5. The van der Waals surface area contributed by atoms with Gasteiger partial charge < -0.3 is 30.7 Å². The maximum absolute atomic E-state index is 13.4. The van der Waals surface area contributed by atoms with Crippen molar-refractivity contribution in [3.05, 3.63) is 79.9 Å². The van der Waals surface area contributed by atoms with Crippen LogP contribution in [0, 0.1) is 20.2 Å². The predicted molar refractivity (Wildman–Crippen MR) is 167 cm³/mol. The van der Waals surface area contributed by atoms with Gasteiger partial charge in [-0.2, -0.15) is 12.6 Å². The smallest absolute Gasteiger partial charge is 0.437 e. The van der Waals surface area contributed by atoms with Crippen molar-refractivity contribution < 1.29 is 38.5 Å². The average Bonchev–Trinajstić information content (AvgIpc) is 3.68. The number of benzene rings is 2. The van der Waals surface area contributed by atoms with Gasteiger partial charge in [-0.1, -0.05) is 0 Å². The Balaban J connectivity index is 1.19. The van der Waals surface area contributed by atoms with Crippen LogP contribution in [0.15, 0.2) is 53.5 Å². The van der Waals surface area contributed by atoms with Gasteiger partial charge in [-0.15, -0.1) is 4.99 Å². The highest BCUT2D eigenvalue weighted by Gasteiger charge is 2.42. The van der Waals surface area contributed by atoms with E-state index in [1.54, 1.807) is 4.90 Å². The molecule has 3 atom stereocenters. The molecule has 0 saturated carbocycles. The first-order valence-electron chi connectivity index (χ1n) is 14.3. The number of likely N-dealkylation sites (tertiary alicyclic amines) is 2. The number of nitro benzene ring substituents is 2. The van der Waals surface area contributed by atoms with Gasteiger partial charge in [0.25, 0.3) is 11.4 Å². The zero-order valence-electron chi connectivity index (χ0n) is 24.9. The van der Waals surface area contributed by atoms with Crippen molar-refractivity contribution in [1.82, 2.24) is 20.4 Å². The van der Waals surface area contributed by atoms with Crippen LogP contribution in [0.5, 0.6) is 0 Å². The first kappa shape index (κ1) is 34.4. The Morgan fingerprint density at radius 1 is 0.936 bits per heavy atom. The molecule has 0 unspecified atom stereocenters. The first-order valence-corrected chi connectivity index (χ1v) is 14.8. The van der Waals surface area contributed by atoms with E-state index in [2.05, 4.69) is 28.3 Å². The minimum atomic E-state index is -1.03. The molecule has 2 saturated heterocycles. The summed E-state index contributed by atoms with van der Waals surface area (Å²) < 4.78 is 10.3. The number of hydrogen-bond acceptors (Lipinski definition) is 11. The number of aliphatic imine (C=N–C) groups is 1. The molecule has 4 amide bonds. The van der Waals surface area contributed by atoms with E-state index in [4.69, 9.17) is 15.2 Å². The van der Waals surface area contributed by atoms with Crippen LogP contribution in [-0.2, 0) is 32.3 Å². The number of nitro groups is 2. The van der Waals surface area contributed by atoms with Crippen molar-refractivity contribution in [3.8, 4) is 0 Å². The van der Waals surface area contributed by atoms with E-state index in [1.807, 2.05) is 0 Å². The van der Waals surface area contributed by atoms with Gasteiger partial charge in [-0.25, -0.2) is 9.59 Å². The summed E-state index contributed by atoms with van der Waals surface area (Å²) in [6.07, 6.45) is -0.945. The number of guanidine groups is 1. The molecular weight excluding hydrogens is 640 g/mol. The lowest BCUT2D eigenvalue weighted by Crippen LogP contribution is -2.49. The van der Waals surface area contributed by atoms with Crippen LogP contribution >= 0.6 is 12.6 Å². The van der Waals surface area contributed by atoms with Gasteiger partial charge in [0.05, 0.1) is 16.4 Å². The quantitative estimate of drug-likeness (QED) is 0.0922. The van der Waals surface area contributed by atoms with Crippen molar-refractivity contribution in [1.29, 1.82) is 0 Å². The van der Waals surface area contributed by atoms with E-state index in [9.17, 15) is 39.4 Å². The van der Waals surface area contributed by atoms with Crippen molar-refractivity contribution in [2.75, 3.05) is 26.2 Å². The number of ether oxygens (including phenoxy) is 2. The standard InChI is InChI=1S/C28H32N8O10S/c29-26(32-27(39)45-15-17-1-5-20(6-2-17)35(41)42)30-12-24(37)31-19-9-10-33(13-19)25(38)23-11-22(47)14-34(23)28(40)46-16-18-3-7-21(8-4-18)36(43)44/h1-8,19,22-23,47H,9-16H2,(H,31,37)(H3,29,30,32,39)/t19-,22-,23-/m0/s1. The molecule has 2 aromatic carbocycles. The molecule has 47 heavy (non-hydrogen) atoms. The molecule has 250 valence electrons. The second-order valence-corrected chi connectivity index (χ2v) is 11.4. The van der Waals surface area contributed by atoms with Gasteiger partial charge in [0.2, 0.25) is 11.8 Å². The minimum Gasteiger partial charge on any atom is -0.445 e. The number of hydrogen-bond donors (Lipinski definition) is 4. The Bertz CT molecular complexity index is 1540. The fourth-order valence-corrected chi connectivity index (χ4v) is 5.33. The lowest BCUT2D eigenvalue weighted by atomic mass is 10.2. The van der Waals surface area contributed by atoms with Crippen LogP contribution in [-0.4, -0.2) is 93.1 Å². The number of thiol groups is 1. The first-order chi connectivity index (χ1) is 22.4. The van der Waals surface area contributed by atoms with Gasteiger partial charge in [0.1, 0.15) is 19.3 Å². The molecule has 0 radical (unpaired) electrons. The Morgan fingerprint density at radius 3 is 2.09 bits per heavy atom. The molecule has 0 aliphatic carbocycles. The fraction of sp³-hybridized carbons (Fsp3) is 0.393. The van der Waals surface area contributed by atoms with E-state index < -0.39 is 34.0 Å². The van der Waals surface area contributed by atoms with Crippen LogP contribution in [0.3, 0.4) is 0 Å². The zero-order valence-corrected chi connectivity index (χ0v) is 25.7. The van der Waals surface area contributed by atoms with Crippen LogP contribution in [0.4, 0.5) is 21.0 Å². The minimum absolute atomic E-state index is 0.0883. The predicted octanol–water partition coefficient (Wildman–Crippen LogP) is 1.47. The summed E-state index contributed by atoms with van der Waals surface area (Å²) in [5.74, 6) is -1.12. The third-order valence-corrected chi connectivity index (χ3v) is 7.70.